The first-order valence-corrected chi connectivity index (χ1v) is 12.9. The lowest BCUT2D eigenvalue weighted by molar-refractivity contribution is 0.106. The average molecular weight is 492 g/mol. The highest BCUT2D eigenvalue weighted by molar-refractivity contribution is 5.97. The van der Waals surface area contributed by atoms with Gasteiger partial charge in [-0.1, -0.05) is 0 Å². The molecule has 3 aromatic rings. The second-order valence-corrected chi connectivity index (χ2v) is 10.0. The Morgan fingerprint density at radius 1 is 0.972 bits per heavy atom. The van der Waals surface area contributed by atoms with Gasteiger partial charge < -0.3 is 24.3 Å². The summed E-state index contributed by atoms with van der Waals surface area (Å²) >= 11 is 0. The Hall–Kier alpha value is -2.94. The number of ether oxygens (including phenoxy) is 2. The Balaban J connectivity index is 1.37. The van der Waals surface area contributed by atoms with Crippen molar-refractivity contribution in [1.29, 1.82) is 0 Å². The summed E-state index contributed by atoms with van der Waals surface area (Å²) in [5.41, 5.74) is 2.86. The minimum absolute atomic E-state index is 0.0660. The number of benzene rings is 1. The van der Waals surface area contributed by atoms with Crippen LogP contribution < -0.4 is 20.3 Å². The van der Waals surface area contributed by atoms with Crippen molar-refractivity contribution in [1.82, 2.24) is 24.7 Å². The molecule has 8 heteroatoms. The van der Waals surface area contributed by atoms with E-state index in [1.807, 2.05) is 18.3 Å². The van der Waals surface area contributed by atoms with Gasteiger partial charge in [-0.15, -0.1) is 0 Å². The molecule has 0 aliphatic carbocycles. The molecule has 0 amide bonds. The van der Waals surface area contributed by atoms with Crippen LogP contribution in [-0.2, 0) is 13.6 Å². The van der Waals surface area contributed by atoms with Gasteiger partial charge in [0, 0.05) is 81.6 Å². The highest BCUT2D eigenvalue weighted by Crippen LogP contribution is 2.39. The molecule has 0 bridgehead atoms. The van der Waals surface area contributed by atoms with Gasteiger partial charge in [0.2, 0.25) is 0 Å². The van der Waals surface area contributed by atoms with Gasteiger partial charge in [-0.2, -0.15) is 0 Å². The number of piperidine rings is 1. The fraction of sp³-hybridized carbons (Fsp3) is 0.500. The highest BCUT2D eigenvalue weighted by Gasteiger charge is 2.23. The zero-order valence-corrected chi connectivity index (χ0v) is 21.6. The van der Waals surface area contributed by atoms with Crippen LogP contribution in [0.3, 0.4) is 0 Å². The molecule has 2 aliphatic rings. The van der Waals surface area contributed by atoms with Crippen LogP contribution in [0.5, 0.6) is 11.5 Å². The summed E-state index contributed by atoms with van der Waals surface area (Å²) in [5, 5.41) is 4.91. The number of methoxy groups -OCH3 is 2. The van der Waals surface area contributed by atoms with Gasteiger partial charge >= 0.3 is 0 Å². The molecule has 2 aliphatic heterocycles. The van der Waals surface area contributed by atoms with Crippen LogP contribution in [0.1, 0.15) is 18.4 Å². The molecule has 0 radical (unpaired) electrons. The Bertz CT molecular complexity index is 1260. The molecule has 192 valence electrons. The number of piperazine rings is 1. The van der Waals surface area contributed by atoms with Crippen LogP contribution in [0.4, 0.5) is 0 Å². The summed E-state index contributed by atoms with van der Waals surface area (Å²) < 4.78 is 13.3. The summed E-state index contributed by atoms with van der Waals surface area (Å²) in [6.45, 7) is 8.69. The van der Waals surface area contributed by atoms with E-state index in [0.717, 1.165) is 85.3 Å². The third-order valence-electron chi connectivity index (χ3n) is 7.71. The minimum Gasteiger partial charge on any atom is -0.496 e. The van der Waals surface area contributed by atoms with Crippen molar-refractivity contribution in [2.75, 3.05) is 60.0 Å². The first-order valence-electron chi connectivity index (χ1n) is 12.9. The molecule has 2 aromatic heterocycles. The topological polar surface area (TPSA) is 71.9 Å². The first kappa shape index (κ1) is 24.7. The van der Waals surface area contributed by atoms with Gasteiger partial charge in [0.25, 0.3) is 5.56 Å². The molecular weight excluding hydrogens is 454 g/mol. The van der Waals surface area contributed by atoms with E-state index in [1.54, 1.807) is 38.2 Å². The Morgan fingerprint density at radius 3 is 2.42 bits per heavy atom. The number of nitrogens with zero attached hydrogens (tertiary/aromatic N) is 4. The summed E-state index contributed by atoms with van der Waals surface area (Å²) in [6.07, 6.45) is 7.80. The molecule has 8 nitrogen and oxygen atoms in total. The van der Waals surface area contributed by atoms with Crippen molar-refractivity contribution in [3.05, 3.63) is 52.7 Å². The summed E-state index contributed by atoms with van der Waals surface area (Å²) in [5.74, 6) is 2.44. The molecule has 0 saturated carbocycles. The zero-order chi connectivity index (χ0) is 25.1. The zero-order valence-electron chi connectivity index (χ0n) is 21.6. The van der Waals surface area contributed by atoms with E-state index in [4.69, 9.17) is 9.47 Å². The predicted octanol–water partition coefficient (Wildman–Crippen LogP) is 2.73. The number of aromatic nitrogens is 2. The highest BCUT2D eigenvalue weighted by atomic mass is 16.5. The molecule has 2 fully saturated rings. The Labute approximate surface area is 212 Å². The average Bonchev–Trinajstić information content (AvgIpc) is 2.92. The van der Waals surface area contributed by atoms with Crippen LogP contribution in [0.15, 0.2) is 41.6 Å². The van der Waals surface area contributed by atoms with E-state index in [9.17, 15) is 4.79 Å². The lowest BCUT2D eigenvalue weighted by Gasteiger charge is -2.37. The smallest absolute Gasteiger partial charge is 0.259 e. The van der Waals surface area contributed by atoms with Crippen LogP contribution in [-0.4, -0.2) is 79.4 Å². The van der Waals surface area contributed by atoms with Crippen LogP contribution >= 0.6 is 0 Å². The van der Waals surface area contributed by atoms with E-state index in [2.05, 4.69) is 26.2 Å². The summed E-state index contributed by atoms with van der Waals surface area (Å²) in [7, 11) is 5.18. The number of rotatable bonds is 7. The maximum atomic E-state index is 12.7. The van der Waals surface area contributed by atoms with E-state index >= 15 is 0 Å². The molecule has 0 unspecified atom stereocenters. The first-order chi connectivity index (χ1) is 17.6. The Morgan fingerprint density at radius 2 is 1.69 bits per heavy atom. The molecule has 4 heterocycles. The van der Waals surface area contributed by atoms with Crippen LogP contribution in [0, 0.1) is 5.92 Å². The molecule has 1 N–H and O–H groups in total. The maximum Gasteiger partial charge on any atom is 0.259 e. The van der Waals surface area contributed by atoms with Gasteiger partial charge in [0.1, 0.15) is 11.5 Å². The number of aryl methyl sites for hydroxylation is 1. The molecule has 5 rings (SSSR count). The third-order valence-corrected chi connectivity index (χ3v) is 7.71. The number of hydrogen-bond donors (Lipinski definition) is 1. The SMILES string of the molecule is COc1cc(-c2cn(C)c(=O)c3cnccc23)c(OC)cc1CN1CCN(CC2CCNCC2)CC1. The van der Waals surface area contributed by atoms with E-state index in [0.29, 0.717) is 5.39 Å². The van der Waals surface area contributed by atoms with Crippen LogP contribution in [0.25, 0.3) is 21.9 Å². The van der Waals surface area contributed by atoms with Crippen molar-refractivity contribution in [2.24, 2.45) is 13.0 Å². The number of pyridine rings is 2. The predicted molar refractivity (Wildman–Crippen MR) is 143 cm³/mol. The molecule has 2 saturated heterocycles. The molecule has 1 aromatic carbocycles. The van der Waals surface area contributed by atoms with Crippen molar-refractivity contribution in [3.63, 3.8) is 0 Å². The van der Waals surface area contributed by atoms with Gasteiger partial charge in [-0.3, -0.25) is 14.7 Å². The second kappa shape index (κ2) is 11.0. The molecular formula is C28H37N5O3. The fourth-order valence-electron chi connectivity index (χ4n) is 5.62. The molecule has 0 spiro atoms. The maximum absolute atomic E-state index is 12.7. The van der Waals surface area contributed by atoms with Gasteiger partial charge in [-0.25, -0.2) is 0 Å². The lowest BCUT2D eigenvalue weighted by atomic mass is 9.97. The Kier molecular flexibility index (Phi) is 7.55. The van der Waals surface area contributed by atoms with E-state index in [-0.39, 0.29) is 5.56 Å². The fourth-order valence-corrected chi connectivity index (χ4v) is 5.62. The van der Waals surface area contributed by atoms with Crippen molar-refractivity contribution < 1.29 is 9.47 Å². The quantitative estimate of drug-likeness (QED) is 0.545. The number of fused-ring (bicyclic) bond motifs is 1. The van der Waals surface area contributed by atoms with E-state index in [1.165, 1.54) is 19.4 Å². The third kappa shape index (κ3) is 5.12. The van der Waals surface area contributed by atoms with Crippen LogP contribution in [0.2, 0.25) is 0 Å². The molecule has 0 atom stereocenters. The van der Waals surface area contributed by atoms with Crippen molar-refractivity contribution in [3.8, 4) is 22.6 Å². The van der Waals surface area contributed by atoms with Gasteiger partial charge in [0.15, 0.2) is 0 Å². The van der Waals surface area contributed by atoms with Crippen molar-refractivity contribution >= 4 is 10.8 Å². The standard InChI is InChI=1S/C28H37N5O3/c1-31-19-25(22-6-9-30-16-24(22)28(31)34)23-15-26(35-2)21(14-27(23)36-3)18-33-12-10-32(11-13-33)17-20-4-7-29-8-5-20/h6,9,14-16,19-20,29H,4-5,7-8,10-13,17-18H2,1-3H3. The number of hydrogen-bond acceptors (Lipinski definition) is 7. The second-order valence-electron chi connectivity index (χ2n) is 10.0. The van der Waals surface area contributed by atoms with E-state index < -0.39 is 0 Å². The summed E-state index contributed by atoms with van der Waals surface area (Å²) in [4.78, 5) is 22.0. The lowest BCUT2D eigenvalue weighted by Crippen LogP contribution is -2.48. The van der Waals surface area contributed by atoms with Gasteiger partial charge in [-0.05, 0) is 55.4 Å². The largest absolute Gasteiger partial charge is 0.496 e. The minimum atomic E-state index is -0.0660. The van der Waals surface area contributed by atoms with Crippen molar-refractivity contribution in [2.45, 2.75) is 19.4 Å². The summed E-state index contributed by atoms with van der Waals surface area (Å²) in [6, 6.07) is 6.02. The number of nitrogens with one attached hydrogen (secondary N) is 1. The van der Waals surface area contributed by atoms with Gasteiger partial charge in [0.05, 0.1) is 19.6 Å². The normalized spacial score (nSPS) is 18.0. The monoisotopic (exact) mass is 491 g/mol. The molecule has 36 heavy (non-hydrogen) atoms.